The van der Waals surface area contributed by atoms with E-state index in [0.717, 1.165) is 0 Å². The van der Waals surface area contributed by atoms with Gasteiger partial charge in [-0.3, -0.25) is 9.59 Å². The topological polar surface area (TPSA) is 73.5 Å². The lowest BCUT2D eigenvalue weighted by atomic mass is 9.95. The largest absolute Gasteiger partial charge is 0.349 e. The highest BCUT2D eigenvalue weighted by molar-refractivity contribution is 5.94. The second-order valence-electron chi connectivity index (χ2n) is 8.57. The summed E-state index contributed by atoms with van der Waals surface area (Å²) in [6.45, 7) is 5.40. The Balaban J connectivity index is 1.27. The number of nitrogens with zero attached hydrogens (tertiary/aromatic N) is 1. The Hall–Kier alpha value is -2.77. The van der Waals surface area contributed by atoms with Crippen LogP contribution in [0.3, 0.4) is 0 Å². The Morgan fingerprint density at radius 3 is 2.42 bits per heavy atom. The van der Waals surface area contributed by atoms with E-state index in [2.05, 4.69) is 48.2 Å². The highest BCUT2D eigenvalue weighted by Crippen LogP contribution is 2.27. The van der Waals surface area contributed by atoms with E-state index in [1.165, 1.54) is 41.0 Å². The van der Waals surface area contributed by atoms with E-state index in [0.29, 0.717) is 37.9 Å². The number of nitrogens with one attached hydrogen (secondary N) is 3. The summed E-state index contributed by atoms with van der Waals surface area (Å²) in [5, 5.41) is 3.00. The van der Waals surface area contributed by atoms with Crippen molar-refractivity contribution in [3.63, 3.8) is 0 Å². The van der Waals surface area contributed by atoms with Crippen molar-refractivity contribution < 1.29 is 14.0 Å². The molecule has 2 saturated heterocycles. The van der Waals surface area contributed by atoms with Crippen molar-refractivity contribution in [2.24, 2.45) is 0 Å². The molecule has 0 bridgehead atoms. The minimum atomic E-state index is -0.363. The number of hydrogen-bond acceptors (Lipinski definition) is 4. The average Bonchev–Trinajstić information content (AvgIpc) is 3.24. The van der Waals surface area contributed by atoms with Crippen LogP contribution in [-0.2, 0) is 4.79 Å². The third kappa shape index (κ3) is 4.94. The maximum absolute atomic E-state index is 13.0. The van der Waals surface area contributed by atoms with Crippen LogP contribution in [0.15, 0.2) is 42.5 Å². The van der Waals surface area contributed by atoms with Gasteiger partial charge in [-0.05, 0) is 68.5 Å². The molecule has 2 aliphatic rings. The molecule has 2 unspecified atom stereocenters. The second-order valence-corrected chi connectivity index (χ2v) is 8.57. The molecule has 3 N–H and O–H groups in total. The summed E-state index contributed by atoms with van der Waals surface area (Å²) >= 11 is 0. The van der Waals surface area contributed by atoms with Crippen LogP contribution in [0.1, 0.15) is 52.4 Å². The van der Waals surface area contributed by atoms with E-state index in [1.807, 2.05) is 4.90 Å². The molecule has 2 amide bonds. The zero-order valence-corrected chi connectivity index (χ0v) is 18.0. The monoisotopic (exact) mass is 424 g/mol. The predicted molar refractivity (Wildman–Crippen MR) is 117 cm³/mol. The number of hydrogen-bond donors (Lipinski definition) is 3. The van der Waals surface area contributed by atoms with Gasteiger partial charge in [-0.2, -0.15) is 0 Å². The molecule has 6 nitrogen and oxygen atoms in total. The Labute approximate surface area is 182 Å². The summed E-state index contributed by atoms with van der Waals surface area (Å²) in [5.74, 6) is -0.469. The van der Waals surface area contributed by atoms with Crippen molar-refractivity contribution in [2.75, 3.05) is 13.1 Å². The van der Waals surface area contributed by atoms with Gasteiger partial charge in [0, 0.05) is 30.7 Å². The number of carbonyl (C=O) groups is 2. The Morgan fingerprint density at radius 1 is 1.03 bits per heavy atom. The number of carbonyl (C=O) groups excluding carboxylic acids is 2. The van der Waals surface area contributed by atoms with Crippen LogP contribution in [0.2, 0.25) is 0 Å². The standard InChI is InChI=1S/C24H29FN4O2/c1-15-3-8-20(16(2)13-15)21-14-22(28-27-21)24(31)29-11-9-19(10-12-29)26-23(30)17-4-6-18(25)7-5-17/h3-8,13,19,21-22,27-28H,9-12,14H2,1-2H3,(H,26,30). The van der Waals surface area contributed by atoms with Crippen LogP contribution in [0.25, 0.3) is 0 Å². The lowest BCUT2D eigenvalue weighted by Crippen LogP contribution is -2.51. The third-order valence-electron chi connectivity index (χ3n) is 6.25. The summed E-state index contributed by atoms with van der Waals surface area (Å²) in [7, 11) is 0. The number of piperidine rings is 1. The molecule has 0 saturated carbocycles. The van der Waals surface area contributed by atoms with Crippen molar-refractivity contribution in [3.05, 3.63) is 70.5 Å². The van der Waals surface area contributed by atoms with Gasteiger partial charge in [-0.25, -0.2) is 15.2 Å². The highest BCUT2D eigenvalue weighted by atomic mass is 19.1. The molecule has 31 heavy (non-hydrogen) atoms. The maximum Gasteiger partial charge on any atom is 0.251 e. The maximum atomic E-state index is 13.0. The molecular formula is C24H29FN4O2. The molecule has 164 valence electrons. The van der Waals surface area contributed by atoms with Gasteiger partial charge in [0.2, 0.25) is 5.91 Å². The van der Waals surface area contributed by atoms with Crippen LogP contribution in [-0.4, -0.2) is 41.9 Å². The molecule has 2 fully saturated rings. The SMILES string of the molecule is Cc1ccc(C2CC(C(=O)N3CCC(NC(=O)c4ccc(F)cc4)CC3)NN2)c(C)c1. The van der Waals surface area contributed by atoms with Crippen LogP contribution in [0, 0.1) is 19.7 Å². The van der Waals surface area contributed by atoms with E-state index < -0.39 is 0 Å². The number of amides is 2. The molecule has 2 aromatic rings. The molecule has 2 aromatic carbocycles. The van der Waals surface area contributed by atoms with Crippen LogP contribution in [0.5, 0.6) is 0 Å². The number of hydrazine groups is 1. The number of halogens is 1. The van der Waals surface area contributed by atoms with Gasteiger partial charge >= 0.3 is 0 Å². The molecule has 7 heteroatoms. The normalized spacial score (nSPS) is 21.8. The van der Waals surface area contributed by atoms with Gasteiger partial charge in [0.25, 0.3) is 5.91 Å². The van der Waals surface area contributed by atoms with Crippen molar-refractivity contribution in [3.8, 4) is 0 Å². The van der Waals surface area contributed by atoms with Gasteiger partial charge in [0.1, 0.15) is 11.9 Å². The molecule has 2 heterocycles. The molecule has 0 spiro atoms. The number of likely N-dealkylation sites (tertiary alicyclic amines) is 1. The molecule has 4 rings (SSSR count). The second kappa shape index (κ2) is 9.16. The van der Waals surface area contributed by atoms with Crippen LogP contribution in [0.4, 0.5) is 4.39 Å². The van der Waals surface area contributed by atoms with E-state index >= 15 is 0 Å². The molecule has 0 aliphatic carbocycles. The zero-order valence-electron chi connectivity index (χ0n) is 18.0. The van der Waals surface area contributed by atoms with Gasteiger partial charge in [-0.1, -0.05) is 23.8 Å². The predicted octanol–water partition coefficient (Wildman–Crippen LogP) is 2.77. The fourth-order valence-corrected chi connectivity index (χ4v) is 4.47. The fraction of sp³-hybridized carbons (Fsp3) is 0.417. The van der Waals surface area contributed by atoms with E-state index in [4.69, 9.17) is 0 Å². The first-order valence-electron chi connectivity index (χ1n) is 10.8. The first-order chi connectivity index (χ1) is 14.9. The number of aryl methyl sites for hydroxylation is 2. The van der Waals surface area contributed by atoms with Crippen molar-refractivity contribution in [2.45, 2.75) is 51.2 Å². The van der Waals surface area contributed by atoms with E-state index in [9.17, 15) is 14.0 Å². The van der Waals surface area contributed by atoms with E-state index in [-0.39, 0.29) is 35.8 Å². The Morgan fingerprint density at radius 2 is 1.74 bits per heavy atom. The van der Waals surface area contributed by atoms with Gasteiger partial charge in [-0.15, -0.1) is 0 Å². The lowest BCUT2D eigenvalue weighted by Gasteiger charge is -2.33. The quantitative estimate of drug-likeness (QED) is 0.706. The fourth-order valence-electron chi connectivity index (χ4n) is 4.47. The molecular weight excluding hydrogens is 395 g/mol. The molecule has 0 radical (unpaired) electrons. The summed E-state index contributed by atoms with van der Waals surface area (Å²) < 4.78 is 13.0. The summed E-state index contributed by atoms with van der Waals surface area (Å²) in [4.78, 5) is 27.2. The average molecular weight is 425 g/mol. The highest BCUT2D eigenvalue weighted by Gasteiger charge is 2.35. The van der Waals surface area contributed by atoms with Gasteiger partial charge in [0.05, 0.1) is 0 Å². The molecule has 2 atom stereocenters. The summed E-state index contributed by atoms with van der Waals surface area (Å²) in [5.41, 5.74) is 10.6. The van der Waals surface area contributed by atoms with Crippen molar-refractivity contribution >= 4 is 11.8 Å². The lowest BCUT2D eigenvalue weighted by molar-refractivity contribution is -0.134. The minimum absolute atomic E-state index is 0.0132. The third-order valence-corrected chi connectivity index (χ3v) is 6.25. The summed E-state index contributed by atoms with van der Waals surface area (Å²) in [6, 6.07) is 11.8. The van der Waals surface area contributed by atoms with E-state index in [1.54, 1.807) is 0 Å². The number of rotatable bonds is 4. The smallest absolute Gasteiger partial charge is 0.251 e. The van der Waals surface area contributed by atoms with Crippen molar-refractivity contribution in [1.29, 1.82) is 0 Å². The first kappa shape index (κ1) is 21.5. The van der Waals surface area contributed by atoms with Crippen LogP contribution >= 0.6 is 0 Å². The van der Waals surface area contributed by atoms with Crippen molar-refractivity contribution in [1.82, 2.24) is 21.1 Å². The molecule has 0 aromatic heterocycles. The zero-order chi connectivity index (χ0) is 22.0. The van der Waals surface area contributed by atoms with Gasteiger partial charge in [0.15, 0.2) is 0 Å². The number of benzene rings is 2. The van der Waals surface area contributed by atoms with Crippen LogP contribution < -0.4 is 16.2 Å². The Kier molecular flexibility index (Phi) is 6.34. The molecule has 2 aliphatic heterocycles. The minimum Gasteiger partial charge on any atom is -0.349 e. The van der Waals surface area contributed by atoms with Gasteiger partial charge < -0.3 is 10.2 Å². The first-order valence-corrected chi connectivity index (χ1v) is 10.8. The summed E-state index contributed by atoms with van der Waals surface area (Å²) in [6.07, 6.45) is 2.13. The Bertz CT molecular complexity index is 955.